The lowest BCUT2D eigenvalue weighted by Crippen LogP contribution is -2.44. The van der Waals surface area contributed by atoms with Crippen molar-refractivity contribution in [2.75, 3.05) is 5.32 Å². The van der Waals surface area contributed by atoms with Crippen LogP contribution in [0.15, 0.2) is 59.5 Å². The molecule has 3 aromatic heterocycles. The van der Waals surface area contributed by atoms with Crippen LogP contribution < -0.4 is 16.6 Å². The second-order valence-corrected chi connectivity index (χ2v) is 11.3. The van der Waals surface area contributed by atoms with Crippen LogP contribution in [0.4, 0.5) is 5.69 Å². The Hall–Kier alpha value is -4.93. The minimum Gasteiger partial charge on any atom is -0.458 e. The third-order valence-electron chi connectivity index (χ3n) is 8.69. The van der Waals surface area contributed by atoms with Gasteiger partial charge in [-0.25, -0.2) is 9.78 Å². The minimum absolute atomic E-state index is 0.0877. The molecule has 7 rings (SSSR count). The number of anilines is 1. The summed E-state index contributed by atoms with van der Waals surface area (Å²) in [4.78, 5) is 47.8. The fourth-order valence-corrected chi connectivity index (χ4v) is 6.17. The van der Waals surface area contributed by atoms with Gasteiger partial charge in [-0.05, 0) is 67.8 Å². The van der Waals surface area contributed by atoms with Crippen molar-refractivity contribution in [2.24, 2.45) is 5.73 Å². The van der Waals surface area contributed by atoms with Crippen molar-refractivity contribution in [3.05, 3.63) is 87.3 Å². The van der Waals surface area contributed by atoms with E-state index in [-0.39, 0.29) is 24.5 Å². The van der Waals surface area contributed by atoms with Gasteiger partial charge in [-0.1, -0.05) is 19.1 Å². The van der Waals surface area contributed by atoms with Gasteiger partial charge in [0.05, 0.1) is 40.6 Å². The molecule has 5 aromatic rings. The molecule has 2 aliphatic heterocycles. The standard InChI is InChI=1S/C33H29N5O5/c1-4-33(42)24-12-27-29-22(14-38(27)31(40)23(24)15-43-32(33)41)16(2)28-21-11-19(13-35-25(21)9-10-26(28)37-29)18-5-7-20(8-6-18)36-30(39)17(3)34/h5-13,17,42H,4,14-15,34H2,1-3H3,(H,36,39)/t17-,33-/m0/s1. The lowest BCUT2D eigenvalue weighted by atomic mass is 9.86. The number of carbonyl (C=O) groups excluding carboxylic acids is 2. The number of nitrogens with zero attached hydrogens (tertiary/aromatic N) is 3. The van der Waals surface area contributed by atoms with Crippen molar-refractivity contribution in [1.82, 2.24) is 14.5 Å². The van der Waals surface area contributed by atoms with Crippen LogP contribution in [0.3, 0.4) is 0 Å². The normalized spacial score (nSPS) is 17.7. The SMILES string of the molecule is CC[C@@]1(O)C(=O)OCc2c1cc1n(c2=O)Cc2c-1nc1ccc3ncc(-c4ccc(NC(=O)[C@H](C)N)cc4)cc3c1c2C. The molecule has 5 heterocycles. The Morgan fingerprint density at radius 3 is 2.58 bits per heavy atom. The van der Waals surface area contributed by atoms with Crippen molar-refractivity contribution in [3.8, 4) is 22.5 Å². The van der Waals surface area contributed by atoms with E-state index in [0.717, 1.165) is 44.1 Å². The Kier molecular flexibility index (Phi) is 5.98. The van der Waals surface area contributed by atoms with Gasteiger partial charge in [-0.15, -0.1) is 0 Å². The second-order valence-electron chi connectivity index (χ2n) is 11.3. The molecule has 0 radical (unpaired) electrons. The number of ether oxygens (including phenoxy) is 1. The summed E-state index contributed by atoms with van der Waals surface area (Å²) >= 11 is 0. The number of pyridine rings is 3. The molecule has 10 heteroatoms. The lowest BCUT2D eigenvalue weighted by Gasteiger charge is -2.31. The number of aromatic nitrogens is 3. The molecule has 2 aliphatic rings. The minimum atomic E-state index is -1.87. The van der Waals surface area contributed by atoms with E-state index < -0.39 is 17.6 Å². The van der Waals surface area contributed by atoms with Crippen LogP contribution in [0.25, 0.3) is 44.3 Å². The number of cyclic esters (lactones) is 1. The molecular weight excluding hydrogens is 546 g/mol. The number of esters is 1. The first-order valence-electron chi connectivity index (χ1n) is 14.2. The van der Waals surface area contributed by atoms with Crippen LogP contribution in [-0.2, 0) is 33.1 Å². The van der Waals surface area contributed by atoms with Gasteiger partial charge < -0.3 is 25.5 Å². The van der Waals surface area contributed by atoms with Crippen LogP contribution in [0, 0.1) is 6.92 Å². The number of benzene rings is 2. The van der Waals surface area contributed by atoms with Gasteiger partial charge in [-0.2, -0.15) is 0 Å². The maximum Gasteiger partial charge on any atom is 0.343 e. The van der Waals surface area contributed by atoms with Gasteiger partial charge in [0, 0.05) is 39.3 Å². The number of rotatable bonds is 4. The number of amides is 1. The van der Waals surface area contributed by atoms with Crippen LogP contribution in [0.1, 0.15) is 42.5 Å². The quantitative estimate of drug-likeness (QED) is 0.212. The van der Waals surface area contributed by atoms with Crippen LogP contribution in [0.5, 0.6) is 0 Å². The first-order valence-corrected chi connectivity index (χ1v) is 14.2. The van der Waals surface area contributed by atoms with E-state index in [0.29, 0.717) is 34.7 Å². The summed E-state index contributed by atoms with van der Waals surface area (Å²) in [5.74, 6) is -0.999. The van der Waals surface area contributed by atoms with Gasteiger partial charge >= 0.3 is 5.97 Å². The average Bonchev–Trinajstić information content (AvgIpc) is 3.38. The van der Waals surface area contributed by atoms with E-state index in [2.05, 4.69) is 11.4 Å². The molecule has 10 nitrogen and oxygen atoms in total. The molecule has 0 fully saturated rings. The van der Waals surface area contributed by atoms with E-state index >= 15 is 0 Å². The van der Waals surface area contributed by atoms with Crippen molar-refractivity contribution in [2.45, 2.75) is 52.0 Å². The molecule has 2 atom stereocenters. The van der Waals surface area contributed by atoms with Gasteiger partial charge in [-0.3, -0.25) is 14.6 Å². The van der Waals surface area contributed by atoms with Gasteiger partial charge in [0.1, 0.15) is 6.61 Å². The molecule has 2 aromatic carbocycles. The fraction of sp³-hybridized carbons (Fsp3) is 0.242. The third kappa shape index (κ3) is 3.98. The van der Waals surface area contributed by atoms with E-state index in [1.54, 1.807) is 24.5 Å². The van der Waals surface area contributed by atoms with Gasteiger partial charge in [0.2, 0.25) is 5.91 Å². The maximum atomic E-state index is 13.6. The Bertz CT molecular complexity index is 2080. The van der Waals surface area contributed by atoms with Crippen LogP contribution >= 0.6 is 0 Å². The highest BCUT2D eigenvalue weighted by molar-refractivity contribution is 6.09. The van der Waals surface area contributed by atoms with Gasteiger partial charge in [0.25, 0.3) is 5.56 Å². The predicted molar refractivity (Wildman–Crippen MR) is 162 cm³/mol. The van der Waals surface area contributed by atoms with E-state index in [1.807, 2.05) is 49.5 Å². The Morgan fingerprint density at radius 2 is 1.86 bits per heavy atom. The Morgan fingerprint density at radius 1 is 1.12 bits per heavy atom. The van der Waals surface area contributed by atoms with Crippen LogP contribution in [0.2, 0.25) is 0 Å². The van der Waals surface area contributed by atoms with Crippen molar-refractivity contribution >= 4 is 39.4 Å². The topological polar surface area (TPSA) is 149 Å². The summed E-state index contributed by atoms with van der Waals surface area (Å²) in [5, 5.41) is 15.8. The molecule has 4 N–H and O–H groups in total. The molecule has 0 spiro atoms. The van der Waals surface area contributed by atoms with Crippen LogP contribution in [-0.4, -0.2) is 37.6 Å². The zero-order chi connectivity index (χ0) is 30.2. The summed E-state index contributed by atoms with van der Waals surface area (Å²) in [6, 6.07) is 14.6. The molecular formula is C33H29N5O5. The number of hydrogen-bond acceptors (Lipinski definition) is 8. The summed E-state index contributed by atoms with van der Waals surface area (Å²) in [6.45, 7) is 5.50. The number of fused-ring (bicyclic) bond motifs is 7. The average molecular weight is 576 g/mol. The highest BCUT2D eigenvalue weighted by Crippen LogP contribution is 2.41. The molecule has 1 amide bonds. The third-order valence-corrected chi connectivity index (χ3v) is 8.69. The largest absolute Gasteiger partial charge is 0.458 e. The van der Waals surface area contributed by atoms with Crippen molar-refractivity contribution in [1.29, 1.82) is 0 Å². The highest BCUT2D eigenvalue weighted by Gasteiger charge is 2.45. The van der Waals surface area contributed by atoms with E-state index in [4.69, 9.17) is 20.4 Å². The molecule has 0 bridgehead atoms. The number of nitrogens with two attached hydrogens (primary N) is 1. The molecule has 0 saturated carbocycles. The Labute approximate surface area is 246 Å². The summed E-state index contributed by atoms with van der Waals surface area (Å²) in [5.41, 5.74) is 11.3. The smallest absolute Gasteiger partial charge is 0.343 e. The predicted octanol–water partition coefficient (Wildman–Crippen LogP) is 3.89. The zero-order valence-corrected chi connectivity index (χ0v) is 23.9. The van der Waals surface area contributed by atoms with Crippen molar-refractivity contribution < 1.29 is 19.4 Å². The Balaban J connectivity index is 1.35. The molecule has 216 valence electrons. The van der Waals surface area contributed by atoms with E-state index in [9.17, 15) is 19.5 Å². The number of aryl methyl sites for hydroxylation is 1. The zero-order valence-electron chi connectivity index (χ0n) is 23.9. The maximum absolute atomic E-state index is 13.6. The first-order chi connectivity index (χ1) is 20.6. The van der Waals surface area contributed by atoms with E-state index in [1.165, 1.54) is 0 Å². The summed E-state index contributed by atoms with van der Waals surface area (Å²) in [7, 11) is 0. The van der Waals surface area contributed by atoms with Crippen molar-refractivity contribution in [3.63, 3.8) is 0 Å². The number of carbonyl (C=O) groups is 2. The monoisotopic (exact) mass is 575 g/mol. The second kappa shape index (κ2) is 9.55. The molecule has 0 unspecified atom stereocenters. The summed E-state index contributed by atoms with van der Waals surface area (Å²) in [6.07, 6.45) is 1.91. The molecule has 0 saturated heterocycles. The summed E-state index contributed by atoms with van der Waals surface area (Å²) < 4.78 is 6.84. The molecule has 43 heavy (non-hydrogen) atoms. The number of hydrogen-bond donors (Lipinski definition) is 3. The fourth-order valence-electron chi connectivity index (χ4n) is 6.17. The highest BCUT2D eigenvalue weighted by atomic mass is 16.6. The lowest BCUT2D eigenvalue weighted by molar-refractivity contribution is -0.172. The number of nitrogens with one attached hydrogen (secondary N) is 1. The van der Waals surface area contributed by atoms with Gasteiger partial charge in [0.15, 0.2) is 5.60 Å². The first kappa shape index (κ1) is 26.9. The number of aliphatic hydroxyl groups is 1. The molecule has 0 aliphatic carbocycles.